The van der Waals surface area contributed by atoms with Crippen molar-refractivity contribution in [3.63, 3.8) is 0 Å². The summed E-state index contributed by atoms with van der Waals surface area (Å²) in [6.07, 6.45) is 4.79. The maximum atomic E-state index is 12.3. The molecule has 0 aliphatic heterocycles. The Bertz CT molecular complexity index is 534. The topological polar surface area (TPSA) is 66.4 Å². The van der Waals surface area contributed by atoms with Gasteiger partial charge in [0.1, 0.15) is 6.04 Å². The zero-order valence-electron chi connectivity index (χ0n) is 10.7. The molecule has 1 amide bonds. The van der Waals surface area contributed by atoms with Gasteiger partial charge in [-0.2, -0.15) is 0 Å². The molecule has 2 aliphatic carbocycles. The van der Waals surface area contributed by atoms with E-state index in [4.69, 9.17) is 5.11 Å². The highest BCUT2D eigenvalue weighted by molar-refractivity contribution is 5.98. The van der Waals surface area contributed by atoms with E-state index in [2.05, 4.69) is 11.4 Å². The molecule has 0 heterocycles. The van der Waals surface area contributed by atoms with Crippen molar-refractivity contribution in [1.82, 2.24) is 5.32 Å². The van der Waals surface area contributed by atoms with Crippen LogP contribution >= 0.6 is 0 Å². The van der Waals surface area contributed by atoms with E-state index in [1.807, 2.05) is 6.07 Å². The zero-order valence-corrected chi connectivity index (χ0v) is 10.7. The lowest BCUT2D eigenvalue weighted by Crippen LogP contribution is -2.42. The first-order valence-electron chi connectivity index (χ1n) is 6.81. The fraction of sp³-hybridized carbons (Fsp3) is 0.467. The molecule has 0 radical (unpaired) electrons. The van der Waals surface area contributed by atoms with E-state index < -0.39 is 12.0 Å². The third kappa shape index (κ3) is 2.35. The molecule has 1 unspecified atom stereocenters. The monoisotopic (exact) mass is 259 g/mol. The van der Waals surface area contributed by atoms with E-state index in [9.17, 15) is 9.59 Å². The maximum Gasteiger partial charge on any atom is 0.326 e. The van der Waals surface area contributed by atoms with Gasteiger partial charge in [-0.15, -0.1) is 0 Å². The first kappa shape index (κ1) is 12.2. The average molecular weight is 259 g/mol. The van der Waals surface area contributed by atoms with Gasteiger partial charge in [0.2, 0.25) is 0 Å². The van der Waals surface area contributed by atoms with Crippen molar-refractivity contribution in [1.29, 1.82) is 0 Å². The van der Waals surface area contributed by atoms with Gasteiger partial charge in [0.25, 0.3) is 5.91 Å². The SMILES string of the molecule is O=C(NC(C(=O)O)C1CC1)c1cccc2c1CCC2. The summed E-state index contributed by atoms with van der Waals surface area (Å²) in [7, 11) is 0. The van der Waals surface area contributed by atoms with Crippen LogP contribution in [0.4, 0.5) is 0 Å². The smallest absolute Gasteiger partial charge is 0.326 e. The number of carboxylic acid groups (broad SMARTS) is 1. The summed E-state index contributed by atoms with van der Waals surface area (Å²) in [5.41, 5.74) is 2.98. The van der Waals surface area contributed by atoms with Crippen LogP contribution in [-0.2, 0) is 17.6 Å². The number of hydrogen-bond donors (Lipinski definition) is 2. The van der Waals surface area contributed by atoms with E-state index in [1.165, 1.54) is 5.56 Å². The van der Waals surface area contributed by atoms with Crippen molar-refractivity contribution in [2.45, 2.75) is 38.1 Å². The normalized spacial score (nSPS) is 18.7. The van der Waals surface area contributed by atoms with Crippen LogP contribution in [0.25, 0.3) is 0 Å². The predicted octanol–water partition coefficient (Wildman–Crippen LogP) is 1.77. The number of fused-ring (bicyclic) bond motifs is 1. The number of carbonyl (C=O) groups is 2. The van der Waals surface area contributed by atoms with Crippen LogP contribution in [0.15, 0.2) is 18.2 Å². The summed E-state index contributed by atoms with van der Waals surface area (Å²) >= 11 is 0. The van der Waals surface area contributed by atoms with Crippen LogP contribution in [0.3, 0.4) is 0 Å². The van der Waals surface area contributed by atoms with Crippen LogP contribution in [0.1, 0.15) is 40.7 Å². The van der Waals surface area contributed by atoms with Crippen LogP contribution < -0.4 is 5.32 Å². The lowest BCUT2D eigenvalue weighted by Gasteiger charge is -2.15. The number of nitrogens with one attached hydrogen (secondary N) is 1. The molecule has 4 nitrogen and oxygen atoms in total. The summed E-state index contributed by atoms with van der Waals surface area (Å²) in [5.74, 6) is -1.06. The van der Waals surface area contributed by atoms with E-state index in [0.29, 0.717) is 5.56 Å². The molecular formula is C15H17NO3. The van der Waals surface area contributed by atoms with Crippen molar-refractivity contribution in [2.24, 2.45) is 5.92 Å². The molecule has 0 bridgehead atoms. The second-order valence-electron chi connectivity index (χ2n) is 5.42. The minimum atomic E-state index is -0.927. The molecule has 2 N–H and O–H groups in total. The highest BCUT2D eigenvalue weighted by atomic mass is 16.4. The fourth-order valence-electron chi connectivity index (χ4n) is 2.86. The highest BCUT2D eigenvalue weighted by Crippen LogP contribution is 2.33. The van der Waals surface area contributed by atoms with Gasteiger partial charge in [0.05, 0.1) is 0 Å². The number of benzene rings is 1. The molecule has 1 aromatic carbocycles. The summed E-state index contributed by atoms with van der Waals surface area (Å²) in [5, 5.41) is 11.8. The molecule has 4 heteroatoms. The standard InChI is InChI=1S/C15H17NO3/c17-14(16-13(15(18)19)10-7-8-10)12-6-2-4-9-3-1-5-11(9)12/h2,4,6,10,13H,1,3,5,7-8H2,(H,16,17)(H,18,19). The van der Waals surface area contributed by atoms with E-state index in [-0.39, 0.29) is 11.8 Å². The van der Waals surface area contributed by atoms with Gasteiger partial charge in [0, 0.05) is 5.56 Å². The van der Waals surface area contributed by atoms with Crippen LogP contribution in [0.5, 0.6) is 0 Å². The minimum absolute atomic E-state index is 0.109. The molecule has 1 atom stereocenters. The molecule has 1 aromatic rings. The second-order valence-corrected chi connectivity index (χ2v) is 5.42. The number of hydrogen-bond acceptors (Lipinski definition) is 2. The molecular weight excluding hydrogens is 242 g/mol. The number of aryl methyl sites for hydroxylation is 1. The lowest BCUT2D eigenvalue weighted by atomic mass is 10.0. The molecule has 0 saturated heterocycles. The summed E-state index contributed by atoms with van der Waals surface area (Å²) in [6.45, 7) is 0. The molecule has 19 heavy (non-hydrogen) atoms. The fourth-order valence-corrected chi connectivity index (χ4v) is 2.86. The zero-order chi connectivity index (χ0) is 13.4. The molecule has 100 valence electrons. The van der Waals surface area contributed by atoms with Gasteiger partial charge < -0.3 is 10.4 Å². The van der Waals surface area contributed by atoms with Gasteiger partial charge in [-0.25, -0.2) is 4.79 Å². The Balaban J connectivity index is 1.80. The Kier molecular flexibility index (Phi) is 3.01. The third-order valence-corrected chi connectivity index (χ3v) is 4.04. The lowest BCUT2D eigenvalue weighted by molar-refractivity contribution is -0.139. The van der Waals surface area contributed by atoms with Crippen LogP contribution in [-0.4, -0.2) is 23.0 Å². The Morgan fingerprint density at radius 3 is 2.74 bits per heavy atom. The molecule has 3 rings (SSSR count). The molecule has 0 spiro atoms. The Hall–Kier alpha value is -1.84. The average Bonchev–Trinajstić information content (AvgIpc) is 3.11. The van der Waals surface area contributed by atoms with Crippen molar-refractivity contribution in [2.75, 3.05) is 0 Å². The summed E-state index contributed by atoms with van der Waals surface area (Å²) in [4.78, 5) is 23.4. The van der Waals surface area contributed by atoms with Crippen molar-refractivity contribution in [3.05, 3.63) is 34.9 Å². The van der Waals surface area contributed by atoms with E-state index in [0.717, 1.165) is 37.7 Å². The van der Waals surface area contributed by atoms with Crippen molar-refractivity contribution >= 4 is 11.9 Å². The van der Waals surface area contributed by atoms with Crippen molar-refractivity contribution in [3.8, 4) is 0 Å². The molecule has 1 fully saturated rings. The Morgan fingerprint density at radius 2 is 2.05 bits per heavy atom. The quantitative estimate of drug-likeness (QED) is 0.866. The van der Waals surface area contributed by atoms with Crippen LogP contribution in [0.2, 0.25) is 0 Å². The Labute approximate surface area is 111 Å². The van der Waals surface area contributed by atoms with Crippen LogP contribution in [0, 0.1) is 5.92 Å². The van der Waals surface area contributed by atoms with E-state index >= 15 is 0 Å². The molecule has 1 saturated carbocycles. The van der Waals surface area contributed by atoms with Gasteiger partial charge in [-0.1, -0.05) is 12.1 Å². The number of carboxylic acids is 1. The third-order valence-electron chi connectivity index (χ3n) is 4.04. The van der Waals surface area contributed by atoms with Crippen molar-refractivity contribution < 1.29 is 14.7 Å². The first-order valence-corrected chi connectivity index (χ1v) is 6.81. The number of aliphatic carboxylic acids is 1. The number of amides is 1. The highest BCUT2D eigenvalue weighted by Gasteiger charge is 2.37. The van der Waals surface area contributed by atoms with Gasteiger partial charge in [0.15, 0.2) is 0 Å². The molecule has 2 aliphatic rings. The second kappa shape index (κ2) is 4.68. The largest absolute Gasteiger partial charge is 0.480 e. The number of carbonyl (C=O) groups excluding carboxylic acids is 1. The first-order chi connectivity index (χ1) is 9.16. The maximum absolute atomic E-state index is 12.3. The Morgan fingerprint density at radius 1 is 1.26 bits per heavy atom. The summed E-state index contributed by atoms with van der Waals surface area (Å²) in [6, 6.07) is 5.00. The number of rotatable bonds is 4. The van der Waals surface area contributed by atoms with Gasteiger partial charge in [-0.05, 0) is 55.2 Å². The molecule has 0 aromatic heterocycles. The van der Waals surface area contributed by atoms with Gasteiger partial charge in [-0.3, -0.25) is 4.79 Å². The minimum Gasteiger partial charge on any atom is -0.480 e. The summed E-state index contributed by atoms with van der Waals surface area (Å²) < 4.78 is 0. The van der Waals surface area contributed by atoms with E-state index in [1.54, 1.807) is 6.07 Å². The predicted molar refractivity (Wildman–Crippen MR) is 70.1 cm³/mol. The van der Waals surface area contributed by atoms with Gasteiger partial charge >= 0.3 is 5.97 Å².